The lowest BCUT2D eigenvalue weighted by atomic mass is 9.37. The van der Waals surface area contributed by atoms with Crippen molar-refractivity contribution >= 4 is 6.92 Å². The molecule has 2 rings (SSSR count). The number of rotatable bonds is 4. The first kappa shape index (κ1) is 13.6. The van der Waals surface area contributed by atoms with Crippen molar-refractivity contribution in [1.29, 1.82) is 0 Å². The Bertz CT molecular complexity index is 324. The van der Waals surface area contributed by atoms with Gasteiger partial charge in [0.1, 0.15) is 0 Å². The van der Waals surface area contributed by atoms with Crippen LogP contribution in [0.3, 0.4) is 0 Å². The van der Waals surface area contributed by atoms with E-state index in [-0.39, 0.29) is 5.60 Å². The Labute approximate surface area is 112 Å². The Morgan fingerprint density at radius 2 is 1.50 bits per heavy atom. The maximum atomic E-state index is 6.44. The van der Waals surface area contributed by atoms with Crippen molar-refractivity contribution < 1.29 is 4.65 Å². The third-order valence-electron chi connectivity index (χ3n) is 4.60. The molecule has 2 fully saturated rings. The molecule has 0 saturated carbocycles. The van der Waals surface area contributed by atoms with Crippen molar-refractivity contribution in [2.75, 3.05) is 0 Å². The van der Waals surface area contributed by atoms with Crippen LogP contribution in [0, 0.1) is 24.7 Å². The second kappa shape index (κ2) is 5.86. The van der Waals surface area contributed by atoms with Gasteiger partial charge in [0.2, 0.25) is 0 Å². The zero-order valence-electron chi connectivity index (χ0n) is 11.5. The highest BCUT2D eigenvalue weighted by molar-refractivity contribution is 6.56. The van der Waals surface area contributed by atoms with Crippen LogP contribution in [0.25, 0.3) is 0 Å². The predicted octanol–water partition coefficient (Wildman–Crippen LogP) is 3.91. The van der Waals surface area contributed by atoms with E-state index in [2.05, 4.69) is 18.8 Å². The molecule has 0 aliphatic carbocycles. The molecular weight excluding hydrogens is 219 g/mol. The van der Waals surface area contributed by atoms with E-state index in [0.29, 0.717) is 19.8 Å². The number of fused-ring (bicyclic) bond motifs is 2. The number of hydrogen-bond donors (Lipinski definition) is 0. The highest BCUT2D eigenvalue weighted by atomic mass is 16.5. The van der Waals surface area contributed by atoms with Crippen LogP contribution in [0.15, 0.2) is 0 Å². The van der Waals surface area contributed by atoms with Crippen LogP contribution in [0.2, 0.25) is 11.6 Å². The molecule has 0 aromatic heterocycles. The van der Waals surface area contributed by atoms with Gasteiger partial charge in [-0.2, -0.15) is 0 Å². The Balaban J connectivity index is 2.06. The number of hydrogen-bond acceptors (Lipinski definition) is 1. The molecule has 96 valence electrons. The molecule has 0 amide bonds. The summed E-state index contributed by atoms with van der Waals surface area (Å²) in [5.74, 6) is 6.94. The quantitative estimate of drug-likeness (QED) is 0.536. The number of terminal acetylenes is 2. The molecule has 0 aromatic carbocycles. The Hall–Kier alpha value is -0.855. The van der Waals surface area contributed by atoms with Gasteiger partial charge in [0.05, 0.1) is 5.60 Å². The SMILES string of the molecule is C#CCC(C)(CC#C)OB1C2CCCC1CCC2. The second-order valence-corrected chi connectivity index (χ2v) is 6.18. The summed E-state index contributed by atoms with van der Waals surface area (Å²) in [5.41, 5.74) is -0.320. The van der Waals surface area contributed by atoms with Crippen LogP contribution in [-0.4, -0.2) is 12.5 Å². The van der Waals surface area contributed by atoms with Gasteiger partial charge in [0.15, 0.2) is 0 Å². The van der Waals surface area contributed by atoms with E-state index < -0.39 is 0 Å². The highest BCUT2D eigenvalue weighted by Gasteiger charge is 2.44. The van der Waals surface area contributed by atoms with Crippen molar-refractivity contribution in [3.63, 3.8) is 0 Å². The molecule has 0 spiro atoms. The summed E-state index contributed by atoms with van der Waals surface area (Å²) >= 11 is 0. The maximum absolute atomic E-state index is 6.44. The van der Waals surface area contributed by atoms with Gasteiger partial charge in [-0.15, -0.1) is 24.7 Å². The molecule has 2 aliphatic rings. The minimum atomic E-state index is -0.320. The van der Waals surface area contributed by atoms with E-state index in [9.17, 15) is 0 Å². The third kappa shape index (κ3) is 2.93. The van der Waals surface area contributed by atoms with Gasteiger partial charge in [-0.1, -0.05) is 38.5 Å². The van der Waals surface area contributed by atoms with Gasteiger partial charge in [-0.3, -0.25) is 0 Å². The first-order valence-corrected chi connectivity index (χ1v) is 7.23. The van der Waals surface area contributed by atoms with Gasteiger partial charge in [0.25, 0.3) is 6.92 Å². The lowest BCUT2D eigenvalue weighted by Crippen LogP contribution is -2.44. The average Bonchev–Trinajstić information content (AvgIpc) is 2.28. The molecular formula is C16H23BO. The van der Waals surface area contributed by atoms with Crippen LogP contribution in [0.4, 0.5) is 0 Å². The fourth-order valence-corrected chi connectivity index (χ4v) is 3.71. The molecule has 2 heterocycles. The van der Waals surface area contributed by atoms with E-state index >= 15 is 0 Å². The van der Waals surface area contributed by atoms with Crippen molar-refractivity contribution in [1.82, 2.24) is 0 Å². The standard InChI is InChI=1S/C16H23BO/c1-4-12-16(3,13-5-2)18-17-14-8-6-9-15(17)11-7-10-14/h1-2,14-15H,6-13H2,3H3. The van der Waals surface area contributed by atoms with Crippen LogP contribution < -0.4 is 0 Å². The summed E-state index contributed by atoms with van der Waals surface area (Å²) in [5, 5.41) is 0. The first-order chi connectivity index (χ1) is 8.68. The zero-order valence-corrected chi connectivity index (χ0v) is 11.5. The summed E-state index contributed by atoms with van der Waals surface area (Å²) in [6, 6.07) is 0. The van der Waals surface area contributed by atoms with Crippen molar-refractivity contribution in [3.8, 4) is 24.7 Å². The third-order valence-corrected chi connectivity index (χ3v) is 4.60. The summed E-state index contributed by atoms with van der Waals surface area (Å²) < 4.78 is 6.44. The van der Waals surface area contributed by atoms with Gasteiger partial charge < -0.3 is 4.65 Å². The molecule has 2 bridgehead atoms. The van der Waals surface area contributed by atoms with Crippen molar-refractivity contribution in [2.45, 2.75) is 75.5 Å². The van der Waals surface area contributed by atoms with E-state index in [4.69, 9.17) is 17.5 Å². The lowest BCUT2D eigenvalue weighted by Gasteiger charge is -2.43. The molecule has 1 nitrogen and oxygen atoms in total. The van der Waals surface area contributed by atoms with E-state index in [1.54, 1.807) is 0 Å². The van der Waals surface area contributed by atoms with Crippen LogP contribution in [-0.2, 0) is 4.65 Å². The zero-order chi connectivity index (χ0) is 13.0. The van der Waals surface area contributed by atoms with Crippen molar-refractivity contribution in [3.05, 3.63) is 0 Å². The average molecular weight is 242 g/mol. The summed E-state index contributed by atoms with van der Waals surface area (Å²) in [7, 11) is 0. The topological polar surface area (TPSA) is 9.23 Å². The molecule has 0 atom stereocenters. The van der Waals surface area contributed by atoms with Gasteiger partial charge in [-0.05, 0) is 18.6 Å². The molecule has 2 heteroatoms. The molecule has 2 saturated heterocycles. The fraction of sp³-hybridized carbons (Fsp3) is 0.750. The maximum Gasteiger partial charge on any atom is 0.300 e. The lowest BCUT2D eigenvalue weighted by molar-refractivity contribution is 0.0831. The summed E-state index contributed by atoms with van der Waals surface area (Å²) in [6.07, 6.45) is 20.2. The Morgan fingerprint density at radius 1 is 1.06 bits per heavy atom. The minimum absolute atomic E-state index is 0.320. The molecule has 18 heavy (non-hydrogen) atoms. The smallest absolute Gasteiger partial charge is 0.300 e. The van der Waals surface area contributed by atoms with E-state index in [1.807, 2.05) is 0 Å². The fourth-order valence-electron chi connectivity index (χ4n) is 3.71. The van der Waals surface area contributed by atoms with Gasteiger partial charge in [0, 0.05) is 12.8 Å². The molecule has 0 radical (unpaired) electrons. The normalized spacial score (nSPS) is 27.4. The summed E-state index contributed by atoms with van der Waals surface area (Å²) in [4.78, 5) is 0. The van der Waals surface area contributed by atoms with Gasteiger partial charge >= 0.3 is 0 Å². The van der Waals surface area contributed by atoms with Crippen LogP contribution in [0.1, 0.15) is 58.3 Å². The monoisotopic (exact) mass is 242 g/mol. The largest absolute Gasteiger partial charge is 0.428 e. The van der Waals surface area contributed by atoms with E-state index in [1.165, 1.54) is 38.5 Å². The first-order valence-electron chi connectivity index (χ1n) is 7.23. The summed E-state index contributed by atoms with van der Waals surface area (Å²) in [6.45, 7) is 2.48. The molecule has 0 N–H and O–H groups in total. The Morgan fingerprint density at radius 3 is 1.89 bits per heavy atom. The highest BCUT2D eigenvalue weighted by Crippen LogP contribution is 2.48. The molecule has 0 aromatic rings. The van der Waals surface area contributed by atoms with Crippen LogP contribution >= 0.6 is 0 Å². The van der Waals surface area contributed by atoms with Crippen molar-refractivity contribution in [2.24, 2.45) is 0 Å². The van der Waals surface area contributed by atoms with Gasteiger partial charge in [-0.25, -0.2) is 0 Å². The Kier molecular flexibility index (Phi) is 4.42. The van der Waals surface area contributed by atoms with Crippen LogP contribution in [0.5, 0.6) is 0 Å². The molecule has 0 unspecified atom stereocenters. The second-order valence-electron chi connectivity index (χ2n) is 6.18. The minimum Gasteiger partial charge on any atom is -0.428 e. The molecule has 2 aliphatic heterocycles. The predicted molar refractivity (Wildman–Crippen MR) is 77.3 cm³/mol. The van der Waals surface area contributed by atoms with E-state index in [0.717, 1.165) is 11.6 Å².